The SMILES string of the molecule is Cc1cccc(OCCCC(=O)N2C[C@@H]3C[C@@H]3c3c(-c4cnn(Cc5cccc(C(=O)N6CCC(O)CC6)c5)c4)cccc32)c1C. The number of benzene rings is 3. The van der Waals surface area contributed by atoms with Gasteiger partial charge >= 0.3 is 0 Å². The monoisotopic (exact) mass is 618 g/mol. The van der Waals surface area contributed by atoms with Crippen LogP contribution in [0.25, 0.3) is 11.1 Å². The molecule has 3 aromatic carbocycles. The van der Waals surface area contributed by atoms with Gasteiger partial charge in [0.25, 0.3) is 5.91 Å². The second kappa shape index (κ2) is 12.8. The zero-order chi connectivity index (χ0) is 31.8. The van der Waals surface area contributed by atoms with Crippen molar-refractivity contribution in [3.63, 3.8) is 0 Å². The Morgan fingerprint density at radius 3 is 2.67 bits per heavy atom. The number of nitrogens with zero attached hydrogens (tertiary/aromatic N) is 4. The number of likely N-dealkylation sites (tertiary alicyclic amines) is 1. The van der Waals surface area contributed by atoms with E-state index in [1.807, 2.05) is 63.1 Å². The number of aliphatic hydroxyl groups is 1. The average Bonchev–Trinajstić information content (AvgIpc) is 3.72. The zero-order valence-corrected chi connectivity index (χ0v) is 26.7. The van der Waals surface area contributed by atoms with Crippen LogP contribution in [0.2, 0.25) is 0 Å². The normalized spacial score (nSPS) is 19.0. The van der Waals surface area contributed by atoms with Crippen molar-refractivity contribution in [1.82, 2.24) is 14.7 Å². The van der Waals surface area contributed by atoms with Crippen LogP contribution in [-0.4, -0.2) is 63.9 Å². The molecule has 2 fully saturated rings. The number of piperidine rings is 1. The predicted octanol–water partition coefficient (Wildman–Crippen LogP) is 6.12. The van der Waals surface area contributed by atoms with Gasteiger partial charge in [-0.2, -0.15) is 5.10 Å². The van der Waals surface area contributed by atoms with Crippen LogP contribution in [0.1, 0.15) is 70.6 Å². The number of aromatic nitrogens is 2. The number of aryl methyl sites for hydroxylation is 1. The lowest BCUT2D eigenvalue weighted by molar-refractivity contribution is -0.119. The van der Waals surface area contributed by atoms with Gasteiger partial charge < -0.3 is 19.6 Å². The lowest BCUT2D eigenvalue weighted by Gasteiger charge is -2.30. The topological polar surface area (TPSA) is 87.9 Å². The van der Waals surface area contributed by atoms with Crippen molar-refractivity contribution in [3.05, 3.63) is 101 Å². The highest BCUT2D eigenvalue weighted by molar-refractivity contribution is 5.97. The largest absolute Gasteiger partial charge is 0.493 e. The summed E-state index contributed by atoms with van der Waals surface area (Å²) in [6, 6.07) is 20.1. The molecule has 1 aliphatic carbocycles. The predicted molar refractivity (Wildman–Crippen MR) is 178 cm³/mol. The molecule has 1 saturated heterocycles. The highest BCUT2D eigenvalue weighted by Crippen LogP contribution is 2.57. The Hall–Kier alpha value is -4.43. The number of carbonyl (C=O) groups is 2. The van der Waals surface area contributed by atoms with Crippen molar-refractivity contribution >= 4 is 17.5 Å². The lowest BCUT2D eigenvalue weighted by atomic mass is 9.92. The minimum absolute atomic E-state index is 0.0119. The van der Waals surface area contributed by atoms with Gasteiger partial charge in [-0.25, -0.2) is 0 Å². The number of carbonyl (C=O) groups excluding carboxylic acids is 2. The Morgan fingerprint density at radius 2 is 1.83 bits per heavy atom. The van der Waals surface area contributed by atoms with E-state index < -0.39 is 0 Å². The first-order chi connectivity index (χ1) is 22.4. The van der Waals surface area contributed by atoms with E-state index in [-0.39, 0.29) is 17.9 Å². The molecule has 2 amide bonds. The summed E-state index contributed by atoms with van der Waals surface area (Å²) in [4.78, 5) is 30.4. The number of rotatable bonds is 9. The summed E-state index contributed by atoms with van der Waals surface area (Å²) in [7, 11) is 0. The molecule has 1 N–H and O–H groups in total. The smallest absolute Gasteiger partial charge is 0.253 e. The first kappa shape index (κ1) is 30.2. The van der Waals surface area contributed by atoms with Crippen LogP contribution in [0, 0.1) is 19.8 Å². The van der Waals surface area contributed by atoms with Crippen molar-refractivity contribution in [1.29, 1.82) is 0 Å². The Labute approximate surface area is 270 Å². The summed E-state index contributed by atoms with van der Waals surface area (Å²) >= 11 is 0. The lowest BCUT2D eigenvalue weighted by Crippen LogP contribution is -2.40. The van der Waals surface area contributed by atoms with E-state index in [0.717, 1.165) is 46.7 Å². The van der Waals surface area contributed by atoms with E-state index in [0.29, 0.717) is 69.3 Å². The molecule has 0 spiro atoms. The van der Waals surface area contributed by atoms with Crippen LogP contribution in [0.4, 0.5) is 5.69 Å². The fourth-order valence-electron chi connectivity index (χ4n) is 7.05. The van der Waals surface area contributed by atoms with Crippen LogP contribution in [0.15, 0.2) is 73.1 Å². The van der Waals surface area contributed by atoms with E-state index in [2.05, 4.69) is 43.3 Å². The molecule has 1 saturated carbocycles. The summed E-state index contributed by atoms with van der Waals surface area (Å²) in [5.41, 5.74) is 8.50. The van der Waals surface area contributed by atoms with Crippen molar-refractivity contribution in [3.8, 4) is 16.9 Å². The minimum atomic E-state index is -0.312. The molecule has 7 rings (SSSR count). The molecule has 2 atom stereocenters. The summed E-state index contributed by atoms with van der Waals surface area (Å²) in [6.07, 6.45) is 7.15. The number of aliphatic hydroxyl groups excluding tert-OH is 1. The Morgan fingerprint density at radius 1 is 1.02 bits per heavy atom. The first-order valence-corrected chi connectivity index (χ1v) is 16.6. The Bertz CT molecular complexity index is 1760. The molecule has 238 valence electrons. The summed E-state index contributed by atoms with van der Waals surface area (Å²) in [5, 5.41) is 14.5. The fraction of sp³-hybridized carbons (Fsp3) is 0.395. The molecule has 0 bridgehead atoms. The number of ether oxygens (including phenoxy) is 1. The summed E-state index contributed by atoms with van der Waals surface area (Å²) in [6.45, 7) is 7.17. The second-order valence-corrected chi connectivity index (χ2v) is 13.1. The standard InChI is InChI=1S/C38H42N4O4/c1-25-7-3-12-35(26(25)2)46-18-6-13-36(44)42-24-29-20-33(29)37-32(10-5-11-34(37)42)30-21-39-41(23-30)22-27-8-4-9-28(19-27)38(45)40-16-14-31(43)15-17-40/h3-5,7-12,19,21,23,29,31,33,43H,6,13-18,20,22,24H2,1-2H3/t29-,33-/m0/s1. The molecule has 8 heteroatoms. The molecule has 3 heterocycles. The quantitative estimate of drug-likeness (QED) is 0.228. The molecule has 1 aromatic heterocycles. The molecule has 0 unspecified atom stereocenters. The van der Waals surface area contributed by atoms with Gasteiger partial charge in [0, 0.05) is 49.1 Å². The molecule has 4 aromatic rings. The number of hydrogen-bond acceptors (Lipinski definition) is 5. The second-order valence-electron chi connectivity index (χ2n) is 13.1. The van der Waals surface area contributed by atoms with Crippen molar-refractivity contribution in [2.24, 2.45) is 5.92 Å². The third kappa shape index (κ3) is 6.18. The third-order valence-electron chi connectivity index (χ3n) is 9.95. The maximum Gasteiger partial charge on any atom is 0.253 e. The maximum atomic E-state index is 13.5. The third-order valence-corrected chi connectivity index (χ3v) is 9.95. The fourth-order valence-corrected chi connectivity index (χ4v) is 7.05. The van der Waals surface area contributed by atoms with E-state index in [1.165, 1.54) is 11.1 Å². The van der Waals surface area contributed by atoms with Gasteiger partial charge in [-0.05, 0) is 103 Å². The van der Waals surface area contributed by atoms with Gasteiger partial charge in [0.05, 0.1) is 25.5 Å². The van der Waals surface area contributed by atoms with Gasteiger partial charge in [0.2, 0.25) is 5.91 Å². The van der Waals surface area contributed by atoms with E-state index in [4.69, 9.17) is 4.74 Å². The van der Waals surface area contributed by atoms with E-state index in [9.17, 15) is 14.7 Å². The van der Waals surface area contributed by atoms with Crippen LogP contribution in [-0.2, 0) is 11.3 Å². The minimum Gasteiger partial charge on any atom is -0.493 e. The van der Waals surface area contributed by atoms with Crippen molar-refractivity contribution in [2.75, 3.05) is 31.1 Å². The highest BCUT2D eigenvalue weighted by Gasteiger charge is 2.47. The van der Waals surface area contributed by atoms with E-state index in [1.54, 1.807) is 0 Å². The Balaban J connectivity index is 1.03. The van der Waals surface area contributed by atoms with E-state index >= 15 is 0 Å². The van der Waals surface area contributed by atoms with Gasteiger partial charge in [-0.1, -0.05) is 36.4 Å². The summed E-state index contributed by atoms with van der Waals surface area (Å²) < 4.78 is 7.94. The number of anilines is 1. The van der Waals surface area contributed by atoms with Crippen LogP contribution >= 0.6 is 0 Å². The average molecular weight is 619 g/mol. The molecular formula is C38H42N4O4. The maximum absolute atomic E-state index is 13.5. The number of hydrogen-bond donors (Lipinski definition) is 1. The first-order valence-electron chi connectivity index (χ1n) is 16.6. The van der Waals surface area contributed by atoms with Gasteiger partial charge in [0.1, 0.15) is 5.75 Å². The number of amides is 2. The van der Waals surface area contributed by atoms with Crippen LogP contribution in [0.5, 0.6) is 5.75 Å². The highest BCUT2D eigenvalue weighted by atomic mass is 16.5. The molecule has 2 aliphatic heterocycles. The zero-order valence-electron chi connectivity index (χ0n) is 26.7. The van der Waals surface area contributed by atoms with Crippen molar-refractivity contribution in [2.45, 2.75) is 64.5 Å². The van der Waals surface area contributed by atoms with Gasteiger partial charge in [-0.3, -0.25) is 14.3 Å². The number of fused-ring (bicyclic) bond motifs is 3. The molecule has 3 aliphatic rings. The molecular weight excluding hydrogens is 576 g/mol. The molecule has 8 nitrogen and oxygen atoms in total. The van der Waals surface area contributed by atoms with Crippen LogP contribution in [0.3, 0.4) is 0 Å². The van der Waals surface area contributed by atoms with Gasteiger partial charge in [0.15, 0.2) is 0 Å². The Kier molecular flexibility index (Phi) is 8.38. The molecule has 46 heavy (non-hydrogen) atoms. The van der Waals surface area contributed by atoms with Gasteiger partial charge in [-0.15, -0.1) is 0 Å². The summed E-state index contributed by atoms with van der Waals surface area (Å²) in [5.74, 6) is 2.03. The van der Waals surface area contributed by atoms with Crippen molar-refractivity contribution < 1.29 is 19.4 Å². The van der Waals surface area contributed by atoms with Crippen LogP contribution < -0.4 is 9.64 Å². The molecule has 0 radical (unpaired) electrons.